The van der Waals surface area contributed by atoms with E-state index < -0.39 is 0 Å². The van der Waals surface area contributed by atoms with Crippen LogP contribution in [0.3, 0.4) is 0 Å². The van der Waals surface area contributed by atoms with Gasteiger partial charge >= 0.3 is 0 Å². The van der Waals surface area contributed by atoms with Crippen LogP contribution < -0.4 is 5.32 Å². The maximum atomic E-state index is 5.80. The number of hydrogen-bond donors (Lipinski definition) is 1. The van der Waals surface area contributed by atoms with Crippen LogP contribution in [0.4, 0.5) is 5.69 Å². The topological polar surface area (TPSA) is 24.9 Å². The molecule has 0 aliphatic heterocycles. The average molecular weight is 211 g/mol. The number of aromatic nitrogens is 1. The SMILES string of the molecule is CCCC1CC1Nc1ccnc(Cl)c1. The van der Waals surface area contributed by atoms with Gasteiger partial charge in [-0.15, -0.1) is 0 Å². The lowest BCUT2D eigenvalue weighted by atomic mass is 10.2. The lowest BCUT2D eigenvalue weighted by Crippen LogP contribution is -2.04. The molecule has 0 amide bonds. The summed E-state index contributed by atoms with van der Waals surface area (Å²) in [6.45, 7) is 2.23. The molecule has 0 spiro atoms. The molecule has 1 aromatic rings. The Bertz CT molecular complexity index is 314. The first-order valence-corrected chi connectivity index (χ1v) is 5.55. The van der Waals surface area contributed by atoms with E-state index in [2.05, 4.69) is 17.2 Å². The Kier molecular flexibility index (Phi) is 2.92. The second-order valence-electron chi connectivity index (χ2n) is 3.90. The minimum atomic E-state index is 0.558. The fourth-order valence-corrected chi connectivity index (χ4v) is 1.99. The molecule has 1 aliphatic rings. The summed E-state index contributed by atoms with van der Waals surface area (Å²) in [5, 5.41) is 4.03. The van der Waals surface area contributed by atoms with Gasteiger partial charge in [-0.3, -0.25) is 0 Å². The molecule has 76 valence electrons. The Morgan fingerprint density at radius 3 is 3.21 bits per heavy atom. The average Bonchev–Trinajstić information content (AvgIpc) is 2.84. The van der Waals surface area contributed by atoms with Crippen LogP contribution in [0.25, 0.3) is 0 Å². The molecule has 1 aliphatic carbocycles. The van der Waals surface area contributed by atoms with Gasteiger partial charge in [-0.2, -0.15) is 0 Å². The summed E-state index contributed by atoms with van der Waals surface area (Å²) < 4.78 is 0. The van der Waals surface area contributed by atoms with Crippen LogP contribution in [0.15, 0.2) is 18.3 Å². The van der Waals surface area contributed by atoms with Crippen LogP contribution in [0, 0.1) is 5.92 Å². The Hall–Kier alpha value is -0.760. The summed E-state index contributed by atoms with van der Waals surface area (Å²) in [4.78, 5) is 3.95. The van der Waals surface area contributed by atoms with Gasteiger partial charge in [-0.25, -0.2) is 4.98 Å². The minimum Gasteiger partial charge on any atom is -0.382 e. The van der Waals surface area contributed by atoms with Crippen molar-refractivity contribution in [1.82, 2.24) is 4.98 Å². The van der Waals surface area contributed by atoms with Crippen LogP contribution in [0.2, 0.25) is 5.15 Å². The smallest absolute Gasteiger partial charge is 0.131 e. The van der Waals surface area contributed by atoms with Crippen LogP contribution in [0.1, 0.15) is 26.2 Å². The Morgan fingerprint density at radius 1 is 1.64 bits per heavy atom. The van der Waals surface area contributed by atoms with Gasteiger partial charge in [0.2, 0.25) is 0 Å². The lowest BCUT2D eigenvalue weighted by Gasteiger charge is -2.04. The van der Waals surface area contributed by atoms with E-state index in [9.17, 15) is 0 Å². The molecule has 2 rings (SSSR count). The molecule has 1 fully saturated rings. The first-order chi connectivity index (χ1) is 6.79. The van der Waals surface area contributed by atoms with E-state index in [1.165, 1.54) is 19.3 Å². The number of anilines is 1. The fourth-order valence-electron chi connectivity index (χ4n) is 1.82. The van der Waals surface area contributed by atoms with E-state index in [0.29, 0.717) is 11.2 Å². The second kappa shape index (κ2) is 4.18. The third kappa shape index (κ3) is 2.38. The first kappa shape index (κ1) is 9.78. The summed E-state index contributed by atoms with van der Waals surface area (Å²) >= 11 is 5.80. The molecule has 14 heavy (non-hydrogen) atoms. The molecular formula is C11H15ClN2. The molecule has 1 saturated carbocycles. The van der Waals surface area contributed by atoms with E-state index in [-0.39, 0.29) is 0 Å². The summed E-state index contributed by atoms with van der Waals surface area (Å²) in [5.74, 6) is 0.868. The van der Waals surface area contributed by atoms with Gasteiger partial charge < -0.3 is 5.32 Å². The molecule has 1 aromatic heterocycles. The highest BCUT2D eigenvalue weighted by Gasteiger charge is 2.35. The molecule has 2 unspecified atom stereocenters. The largest absolute Gasteiger partial charge is 0.382 e. The Morgan fingerprint density at radius 2 is 2.50 bits per heavy atom. The van der Waals surface area contributed by atoms with Crippen LogP contribution in [0.5, 0.6) is 0 Å². The van der Waals surface area contributed by atoms with Crippen LogP contribution >= 0.6 is 11.6 Å². The standard InChI is InChI=1S/C11H15ClN2/c1-2-3-8-6-10(8)14-9-4-5-13-11(12)7-9/h4-5,7-8,10H,2-3,6H2,1H3,(H,13,14). The van der Waals surface area contributed by atoms with E-state index in [1.807, 2.05) is 12.1 Å². The van der Waals surface area contributed by atoms with Crippen molar-refractivity contribution < 1.29 is 0 Å². The van der Waals surface area contributed by atoms with Crippen molar-refractivity contribution in [1.29, 1.82) is 0 Å². The summed E-state index contributed by atoms with van der Waals surface area (Å²) in [6.07, 6.45) is 5.64. The van der Waals surface area contributed by atoms with Crippen molar-refractivity contribution in [3.05, 3.63) is 23.5 Å². The zero-order valence-corrected chi connectivity index (χ0v) is 9.09. The number of halogens is 1. The van der Waals surface area contributed by atoms with Gasteiger partial charge in [-0.1, -0.05) is 24.9 Å². The summed E-state index contributed by atoms with van der Waals surface area (Å²) in [5.41, 5.74) is 1.09. The van der Waals surface area contributed by atoms with Gasteiger partial charge in [0.25, 0.3) is 0 Å². The number of rotatable bonds is 4. The molecule has 0 aromatic carbocycles. The highest BCUT2D eigenvalue weighted by molar-refractivity contribution is 6.29. The molecule has 1 heterocycles. The van der Waals surface area contributed by atoms with Gasteiger partial charge in [-0.05, 0) is 30.9 Å². The maximum Gasteiger partial charge on any atom is 0.131 e. The Labute approximate surface area is 89.7 Å². The molecule has 1 N–H and O–H groups in total. The normalized spacial score (nSPS) is 24.7. The van der Waals surface area contributed by atoms with Crippen LogP contribution in [-0.2, 0) is 0 Å². The highest BCUT2D eigenvalue weighted by atomic mass is 35.5. The van der Waals surface area contributed by atoms with Gasteiger partial charge in [0.1, 0.15) is 5.15 Å². The fraction of sp³-hybridized carbons (Fsp3) is 0.545. The molecule has 2 nitrogen and oxygen atoms in total. The molecule has 0 bridgehead atoms. The summed E-state index contributed by atoms with van der Waals surface area (Å²) in [7, 11) is 0. The predicted molar refractivity (Wildman–Crippen MR) is 59.7 cm³/mol. The molecule has 2 atom stereocenters. The maximum absolute atomic E-state index is 5.80. The van der Waals surface area contributed by atoms with Crippen molar-refractivity contribution >= 4 is 17.3 Å². The number of hydrogen-bond acceptors (Lipinski definition) is 2. The van der Waals surface area contributed by atoms with Crippen molar-refractivity contribution in [2.45, 2.75) is 32.2 Å². The monoisotopic (exact) mass is 210 g/mol. The van der Waals surface area contributed by atoms with Crippen molar-refractivity contribution in [3.63, 3.8) is 0 Å². The van der Waals surface area contributed by atoms with E-state index in [4.69, 9.17) is 11.6 Å². The second-order valence-corrected chi connectivity index (χ2v) is 4.29. The highest BCUT2D eigenvalue weighted by Crippen LogP contribution is 2.37. The zero-order chi connectivity index (χ0) is 9.97. The van der Waals surface area contributed by atoms with Crippen LogP contribution in [-0.4, -0.2) is 11.0 Å². The first-order valence-electron chi connectivity index (χ1n) is 5.17. The van der Waals surface area contributed by atoms with E-state index >= 15 is 0 Å². The number of pyridine rings is 1. The van der Waals surface area contributed by atoms with Gasteiger partial charge in [0, 0.05) is 17.9 Å². The number of nitrogens with one attached hydrogen (secondary N) is 1. The minimum absolute atomic E-state index is 0.558. The molecule has 3 heteroatoms. The van der Waals surface area contributed by atoms with E-state index in [1.54, 1.807) is 6.20 Å². The predicted octanol–water partition coefficient (Wildman–Crippen LogP) is 3.34. The Balaban J connectivity index is 1.87. The zero-order valence-electron chi connectivity index (χ0n) is 8.33. The van der Waals surface area contributed by atoms with Crippen molar-refractivity contribution in [3.8, 4) is 0 Å². The van der Waals surface area contributed by atoms with Crippen molar-refractivity contribution in [2.24, 2.45) is 5.92 Å². The quantitative estimate of drug-likeness (QED) is 0.772. The number of nitrogens with zero attached hydrogens (tertiary/aromatic N) is 1. The third-order valence-electron chi connectivity index (χ3n) is 2.66. The molecular weight excluding hydrogens is 196 g/mol. The lowest BCUT2D eigenvalue weighted by molar-refractivity contribution is 0.693. The third-order valence-corrected chi connectivity index (χ3v) is 2.87. The van der Waals surface area contributed by atoms with E-state index in [0.717, 1.165) is 11.6 Å². The molecule has 0 saturated heterocycles. The molecule has 0 radical (unpaired) electrons. The van der Waals surface area contributed by atoms with Gasteiger partial charge in [0.05, 0.1) is 0 Å². The summed E-state index contributed by atoms with van der Waals surface area (Å²) in [6, 6.07) is 4.50. The van der Waals surface area contributed by atoms with Gasteiger partial charge in [0.15, 0.2) is 0 Å². The van der Waals surface area contributed by atoms with Crippen molar-refractivity contribution in [2.75, 3.05) is 5.32 Å².